The molecular weight excluding hydrogens is 236 g/mol. The fraction of sp³-hybridized carbons (Fsp3) is 0.769. The van der Waals surface area contributed by atoms with Gasteiger partial charge in [0.05, 0.1) is 6.20 Å². The van der Waals surface area contributed by atoms with Crippen molar-refractivity contribution in [1.29, 1.82) is 0 Å². The van der Waals surface area contributed by atoms with Crippen LogP contribution >= 0.6 is 12.4 Å². The van der Waals surface area contributed by atoms with Gasteiger partial charge in [0, 0.05) is 17.5 Å². The molecule has 0 bridgehead atoms. The Bertz CT molecular complexity index is 394. The van der Waals surface area contributed by atoms with Crippen molar-refractivity contribution in [2.75, 3.05) is 13.1 Å². The molecule has 1 fully saturated rings. The van der Waals surface area contributed by atoms with E-state index in [0.29, 0.717) is 5.41 Å². The molecule has 0 radical (unpaired) electrons. The Morgan fingerprint density at radius 1 is 1.41 bits per heavy atom. The number of rotatable bonds is 0. The Labute approximate surface area is 109 Å². The van der Waals surface area contributed by atoms with Crippen molar-refractivity contribution in [3.63, 3.8) is 0 Å². The van der Waals surface area contributed by atoms with E-state index in [2.05, 4.69) is 24.3 Å². The molecule has 2 aliphatic rings. The topological polar surface area (TPSA) is 38.1 Å². The molecule has 1 aliphatic heterocycles. The highest BCUT2D eigenvalue weighted by atomic mass is 35.5. The summed E-state index contributed by atoms with van der Waals surface area (Å²) in [4.78, 5) is 0. The Balaban J connectivity index is 0.00000108. The smallest absolute Gasteiger partial charge is 0.145 e. The van der Waals surface area contributed by atoms with Crippen molar-refractivity contribution >= 4 is 12.4 Å². The number of hydrogen-bond acceptors (Lipinski definition) is 3. The molecule has 1 N–H and O–H groups in total. The third-order valence-corrected chi connectivity index (χ3v) is 4.20. The number of halogens is 1. The summed E-state index contributed by atoms with van der Waals surface area (Å²) in [5.74, 6) is 1.11. The van der Waals surface area contributed by atoms with E-state index in [1.807, 2.05) is 6.20 Å². The second-order valence-electron chi connectivity index (χ2n) is 6.20. The highest BCUT2D eigenvalue weighted by Crippen LogP contribution is 2.48. The first-order valence-corrected chi connectivity index (χ1v) is 6.26. The van der Waals surface area contributed by atoms with Gasteiger partial charge in [0.1, 0.15) is 5.76 Å². The lowest BCUT2D eigenvalue weighted by molar-refractivity contribution is 0.119. The lowest BCUT2D eigenvalue weighted by Gasteiger charge is -2.45. The van der Waals surface area contributed by atoms with Gasteiger partial charge in [-0.05, 0) is 37.6 Å². The molecule has 1 aromatic rings. The van der Waals surface area contributed by atoms with Gasteiger partial charge in [0.15, 0.2) is 0 Å². The zero-order valence-electron chi connectivity index (χ0n) is 10.6. The predicted octanol–water partition coefficient (Wildman–Crippen LogP) is 2.69. The van der Waals surface area contributed by atoms with Gasteiger partial charge in [-0.25, -0.2) is 0 Å². The second kappa shape index (κ2) is 4.29. The van der Waals surface area contributed by atoms with Crippen molar-refractivity contribution in [3.05, 3.63) is 17.5 Å². The van der Waals surface area contributed by atoms with Crippen molar-refractivity contribution in [3.8, 4) is 0 Å². The molecule has 0 amide bonds. The first-order chi connectivity index (χ1) is 7.61. The quantitative estimate of drug-likeness (QED) is 0.776. The fourth-order valence-electron chi connectivity index (χ4n) is 3.76. The van der Waals surface area contributed by atoms with Crippen LogP contribution in [-0.2, 0) is 11.8 Å². The first-order valence-electron chi connectivity index (χ1n) is 6.26. The molecule has 1 aromatic heterocycles. The standard InChI is InChI=1S/C13H20N2O.ClH/c1-12(2)8-13(4-3-5-14-9-13)6-10-7-15-16-11(10)12;/h7,14H,3-6,8-9H2,1-2H3;1H. The minimum atomic E-state index is 0. The highest BCUT2D eigenvalue weighted by Gasteiger charge is 2.45. The summed E-state index contributed by atoms with van der Waals surface area (Å²) in [6, 6.07) is 0. The van der Waals surface area contributed by atoms with Gasteiger partial charge >= 0.3 is 0 Å². The minimum absolute atomic E-state index is 0. The fourth-order valence-corrected chi connectivity index (χ4v) is 3.76. The molecule has 96 valence electrons. The third-order valence-electron chi connectivity index (χ3n) is 4.20. The molecule has 1 saturated heterocycles. The van der Waals surface area contributed by atoms with E-state index in [9.17, 15) is 0 Å². The normalized spacial score (nSPS) is 30.7. The maximum absolute atomic E-state index is 5.43. The molecule has 4 heteroatoms. The van der Waals surface area contributed by atoms with Crippen molar-refractivity contribution in [1.82, 2.24) is 10.5 Å². The van der Waals surface area contributed by atoms with E-state index >= 15 is 0 Å². The van der Waals surface area contributed by atoms with E-state index in [-0.39, 0.29) is 17.8 Å². The Morgan fingerprint density at radius 3 is 2.94 bits per heavy atom. The minimum Gasteiger partial charge on any atom is -0.361 e. The number of nitrogens with one attached hydrogen (secondary N) is 1. The van der Waals surface area contributed by atoms with Gasteiger partial charge in [0.25, 0.3) is 0 Å². The van der Waals surface area contributed by atoms with E-state index in [4.69, 9.17) is 4.52 Å². The van der Waals surface area contributed by atoms with Crippen LogP contribution in [0.3, 0.4) is 0 Å². The SMILES string of the molecule is CC1(C)CC2(CCCNC2)Cc2cnoc21.Cl. The molecule has 3 nitrogen and oxygen atoms in total. The molecule has 17 heavy (non-hydrogen) atoms. The van der Waals surface area contributed by atoms with Gasteiger partial charge < -0.3 is 9.84 Å². The van der Waals surface area contributed by atoms with Crippen LogP contribution in [0, 0.1) is 5.41 Å². The van der Waals surface area contributed by atoms with Crippen molar-refractivity contribution < 1.29 is 4.52 Å². The Kier molecular flexibility index (Phi) is 3.25. The Hall–Kier alpha value is -0.540. The van der Waals surface area contributed by atoms with E-state index in [1.165, 1.54) is 31.4 Å². The number of aromatic nitrogens is 1. The molecule has 1 atom stereocenters. The molecule has 1 unspecified atom stereocenters. The van der Waals surface area contributed by atoms with Gasteiger partial charge in [-0.2, -0.15) is 0 Å². The summed E-state index contributed by atoms with van der Waals surface area (Å²) < 4.78 is 5.43. The maximum Gasteiger partial charge on any atom is 0.145 e. The summed E-state index contributed by atoms with van der Waals surface area (Å²) >= 11 is 0. The average molecular weight is 257 g/mol. The molecule has 1 spiro atoms. The monoisotopic (exact) mass is 256 g/mol. The number of hydrogen-bond donors (Lipinski definition) is 1. The number of fused-ring (bicyclic) bond motifs is 1. The highest BCUT2D eigenvalue weighted by molar-refractivity contribution is 5.85. The van der Waals surface area contributed by atoms with Crippen LogP contribution in [0.5, 0.6) is 0 Å². The van der Waals surface area contributed by atoms with E-state index in [0.717, 1.165) is 18.7 Å². The van der Waals surface area contributed by atoms with Gasteiger partial charge in [-0.1, -0.05) is 19.0 Å². The van der Waals surface area contributed by atoms with Gasteiger partial charge in [0.2, 0.25) is 0 Å². The van der Waals surface area contributed by atoms with Crippen LogP contribution in [0.25, 0.3) is 0 Å². The molecule has 1 aliphatic carbocycles. The first kappa shape index (κ1) is 12.9. The number of nitrogens with zero attached hydrogens (tertiary/aromatic N) is 1. The summed E-state index contributed by atoms with van der Waals surface area (Å²) in [5.41, 5.74) is 1.92. The molecular formula is C13H21ClN2O. The molecule has 3 rings (SSSR count). The zero-order chi connectivity index (χ0) is 11.2. The van der Waals surface area contributed by atoms with Crippen LogP contribution in [0.1, 0.15) is 44.4 Å². The van der Waals surface area contributed by atoms with Crippen LogP contribution in [0.4, 0.5) is 0 Å². The molecule has 0 saturated carbocycles. The third kappa shape index (κ3) is 2.11. The van der Waals surface area contributed by atoms with Crippen LogP contribution in [-0.4, -0.2) is 18.2 Å². The van der Waals surface area contributed by atoms with E-state index < -0.39 is 0 Å². The summed E-state index contributed by atoms with van der Waals surface area (Å²) in [5, 5.41) is 7.54. The van der Waals surface area contributed by atoms with Crippen LogP contribution in [0.15, 0.2) is 10.7 Å². The second-order valence-corrected chi connectivity index (χ2v) is 6.20. The largest absolute Gasteiger partial charge is 0.361 e. The van der Waals surface area contributed by atoms with Crippen molar-refractivity contribution in [2.24, 2.45) is 5.41 Å². The van der Waals surface area contributed by atoms with Gasteiger partial charge in [-0.3, -0.25) is 0 Å². The van der Waals surface area contributed by atoms with Crippen LogP contribution < -0.4 is 5.32 Å². The van der Waals surface area contributed by atoms with E-state index in [1.54, 1.807) is 0 Å². The zero-order valence-corrected chi connectivity index (χ0v) is 11.4. The summed E-state index contributed by atoms with van der Waals surface area (Å²) in [7, 11) is 0. The molecule has 0 aromatic carbocycles. The Morgan fingerprint density at radius 2 is 2.24 bits per heavy atom. The van der Waals surface area contributed by atoms with Crippen LogP contribution in [0.2, 0.25) is 0 Å². The predicted molar refractivity (Wildman–Crippen MR) is 69.6 cm³/mol. The number of piperidine rings is 1. The average Bonchev–Trinajstić information content (AvgIpc) is 2.66. The maximum atomic E-state index is 5.43. The lowest BCUT2D eigenvalue weighted by Crippen LogP contribution is -2.47. The summed E-state index contributed by atoms with van der Waals surface area (Å²) in [6.45, 7) is 6.90. The van der Waals surface area contributed by atoms with Gasteiger partial charge in [-0.15, -0.1) is 12.4 Å². The van der Waals surface area contributed by atoms with Crippen molar-refractivity contribution in [2.45, 2.75) is 44.9 Å². The molecule has 2 heterocycles. The lowest BCUT2D eigenvalue weighted by atomic mass is 9.61. The summed E-state index contributed by atoms with van der Waals surface area (Å²) in [6.07, 6.45) is 6.93.